The molecule has 1 aliphatic rings. The van der Waals surface area contributed by atoms with E-state index in [-0.39, 0.29) is 0 Å². The maximum atomic E-state index is 4.34. The summed E-state index contributed by atoms with van der Waals surface area (Å²) in [6.07, 6.45) is 5.36. The summed E-state index contributed by atoms with van der Waals surface area (Å²) in [4.78, 5) is 0. The molecule has 0 spiro atoms. The Bertz CT molecular complexity index is 532. The summed E-state index contributed by atoms with van der Waals surface area (Å²) >= 11 is 0. The first-order chi connectivity index (χ1) is 9.28. The normalized spacial score (nSPS) is 23.3. The molecular formula is C16H21N3. The zero-order valence-electron chi connectivity index (χ0n) is 11.6. The molecule has 3 rings (SSSR count). The van der Waals surface area contributed by atoms with Crippen molar-refractivity contribution in [3.8, 4) is 0 Å². The molecule has 0 bridgehead atoms. The molecule has 3 unspecified atom stereocenters. The monoisotopic (exact) mass is 255 g/mol. The first kappa shape index (κ1) is 12.4. The summed E-state index contributed by atoms with van der Waals surface area (Å²) in [5.74, 6) is 0.685. The third kappa shape index (κ3) is 2.71. The number of hydrogen-bond donors (Lipinski definition) is 1. The third-order valence-corrected chi connectivity index (χ3v) is 3.96. The molecule has 0 saturated heterocycles. The van der Waals surface area contributed by atoms with Gasteiger partial charge in [-0.05, 0) is 25.8 Å². The maximum Gasteiger partial charge on any atom is 0.0537 e. The van der Waals surface area contributed by atoms with Crippen LogP contribution in [0.3, 0.4) is 0 Å². The van der Waals surface area contributed by atoms with Crippen LogP contribution < -0.4 is 5.32 Å². The second kappa shape index (κ2) is 5.17. The van der Waals surface area contributed by atoms with Gasteiger partial charge in [-0.3, -0.25) is 4.68 Å². The van der Waals surface area contributed by atoms with Crippen molar-refractivity contribution < 1.29 is 0 Å². The maximum absolute atomic E-state index is 4.34. The average Bonchev–Trinajstić information content (AvgIpc) is 3.04. The van der Waals surface area contributed by atoms with Gasteiger partial charge in [0.15, 0.2) is 0 Å². The molecule has 1 heterocycles. The van der Waals surface area contributed by atoms with Crippen LogP contribution in [0.1, 0.15) is 43.4 Å². The van der Waals surface area contributed by atoms with Gasteiger partial charge in [0.1, 0.15) is 0 Å². The van der Waals surface area contributed by atoms with Gasteiger partial charge >= 0.3 is 0 Å². The molecule has 100 valence electrons. The summed E-state index contributed by atoms with van der Waals surface area (Å²) < 4.78 is 1.98. The third-order valence-electron chi connectivity index (χ3n) is 3.96. The highest BCUT2D eigenvalue weighted by atomic mass is 15.3. The highest BCUT2D eigenvalue weighted by molar-refractivity contribution is 5.28. The quantitative estimate of drug-likeness (QED) is 0.889. The Balaban J connectivity index is 1.58. The van der Waals surface area contributed by atoms with Crippen LogP contribution in [0.4, 0.5) is 0 Å². The SMILES string of the molecule is CCn1cc(C(C)NC2CC2c2ccccc2)cn1. The molecule has 3 heteroatoms. The summed E-state index contributed by atoms with van der Waals surface area (Å²) in [5, 5.41) is 8.04. The molecule has 1 aromatic carbocycles. The lowest BCUT2D eigenvalue weighted by molar-refractivity contribution is 0.561. The van der Waals surface area contributed by atoms with Crippen LogP contribution in [-0.2, 0) is 6.54 Å². The second-order valence-corrected chi connectivity index (χ2v) is 5.38. The van der Waals surface area contributed by atoms with Crippen LogP contribution >= 0.6 is 0 Å². The number of hydrogen-bond acceptors (Lipinski definition) is 2. The van der Waals surface area contributed by atoms with Crippen LogP contribution in [-0.4, -0.2) is 15.8 Å². The Kier molecular flexibility index (Phi) is 3.38. The smallest absolute Gasteiger partial charge is 0.0537 e. The first-order valence-corrected chi connectivity index (χ1v) is 7.11. The van der Waals surface area contributed by atoms with E-state index in [1.807, 2.05) is 10.9 Å². The van der Waals surface area contributed by atoms with Crippen molar-refractivity contribution >= 4 is 0 Å². The first-order valence-electron chi connectivity index (χ1n) is 7.11. The predicted molar refractivity (Wildman–Crippen MR) is 77.0 cm³/mol. The van der Waals surface area contributed by atoms with Crippen molar-refractivity contribution in [2.75, 3.05) is 0 Å². The molecule has 1 saturated carbocycles. The van der Waals surface area contributed by atoms with E-state index in [4.69, 9.17) is 0 Å². The molecule has 1 N–H and O–H groups in total. The van der Waals surface area contributed by atoms with Gasteiger partial charge in [0, 0.05) is 36.3 Å². The van der Waals surface area contributed by atoms with Gasteiger partial charge in [0.2, 0.25) is 0 Å². The molecule has 19 heavy (non-hydrogen) atoms. The minimum atomic E-state index is 0.374. The topological polar surface area (TPSA) is 29.9 Å². The Morgan fingerprint density at radius 3 is 2.84 bits per heavy atom. The lowest BCUT2D eigenvalue weighted by Gasteiger charge is -2.11. The predicted octanol–water partition coefficient (Wildman–Crippen LogP) is 3.11. The van der Waals surface area contributed by atoms with Gasteiger partial charge in [-0.2, -0.15) is 5.10 Å². The Morgan fingerprint density at radius 2 is 2.16 bits per heavy atom. The summed E-state index contributed by atoms with van der Waals surface area (Å²) in [6, 6.07) is 11.8. The molecular weight excluding hydrogens is 234 g/mol. The Hall–Kier alpha value is -1.61. The summed E-state index contributed by atoms with van der Waals surface area (Å²) in [6.45, 7) is 5.27. The molecule has 3 atom stereocenters. The lowest BCUT2D eigenvalue weighted by Crippen LogP contribution is -2.21. The molecule has 1 aromatic heterocycles. The molecule has 3 nitrogen and oxygen atoms in total. The molecule has 2 aromatic rings. The van der Waals surface area contributed by atoms with Crippen molar-refractivity contribution in [3.63, 3.8) is 0 Å². The summed E-state index contributed by atoms with van der Waals surface area (Å²) in [7, 11) is 0. The van der Waals surface area contributed by atoms with Crippen molar-refractivity contribution in [1.29, 1.82) is 0 Å². The standard InChI is InChI=1S/C16H21N3/c1-3-19-11-14(10-17-19)12(2)18-16-9-15(16)13-7-5-4-6-8-13/h4-8,10-12,15-16,18H,3,9H2,1-2H3. The Labute approximate surface area is 114 Å². The van der Waals surface area contributed by atoms with Gasteiger partial charge in [-0.1, -0.05) is 30.3 Å². The molecule has 1 aliphatic carbocycles. The van der Waals surface area contributed by atoms with E-state index in [1.54, 1.807) is 0 Å². The van der Waals surface area contributed by atoms with Gasteiger partial charge < -0.3 is 5.32 Å². The minimum Gasteiger partial charge on any atom is -0.307 e. The number of benzene rings is 1. The van der Waals surface area contributed by atoms with E-state index in [2.05, 4.69) is 60.8 Å². The Morgan fingerprint density at radius 1 is 1.37 bits per heavy atom. The number of aryl methyl sites for hydroxylation is 1. The molecule has 0 amide bonds. The van der Waals surface area contributed by atoms with Gasteiger partial charge in [0.25, 0.3) is 0 Å². The van der Waals surface area contributed by atoms with E-state index >= 15 is 0 Å². The van der Waals surface area contributed by atoms with Crippen molar-refractivity contribution in [1.82, 2.24) is 15.1 Å². The summed E-state index contributed by atoms with van der Waals surface area (Å²) in [5.41, 5.74) is 2.73. The van der Waals surface area contributed by atoms with Gasteiger partial charge in [-0.25, -0.2) is 0 Å². The van der Waals surface area contributed by atoms with Gasteiger partial charge in [-0.15, -0.1) is 0 Å². The fourth-order valence-electron chi connectivity index (χ4n) is 2.64. The zero-order valence-corrected chi connectivity index (χ0v) is 11.6. The lowest BCUT2D eigenvalue weighted by atomic mass is 10.1. The van der Waals surface area contributed by atoms with E-state index in [1.165, 1.54) is 17.5 Å². The fraction of sp³-hybridized carbons (Fsp3) is 0.438. The van der Waals surface area contributed by atoms with E-state index in [0.29, 0.717) is 18.0 Å². The number of nitrogens with one attached hydrogen (secondary N) is 1. The van der Waals surface area contributed by atoms with Crippen LogP contribution in [0.25, 0.3) is 0 Å². The molecule has 0 aliphatic heterocycles. The van der Waals surface area contributed by atoms with Crippen LogP contribution in [0, 0.1) is 0 Å². The fourth-order valence-corrected chi connectivity index (χ4v) is 2.64. The van der Waals surface area contributed by atoms with Crippen LogP contribution in [0.2, 0.25) is 0 Å². The number of rotatable bonds is 5. The zero-order chi connectivity index (χ0) is 13.2. The number of nitrogens with zero attached hydrogens (tertiary/aromatic N) is 2. The van der Waals surface area contributed by atoms with Crippen molar-refractivity contribution in [2.45, 2.75) is 44.8 Å². The van der Waals surface area contributed by atoms with Crippen molar-refractivity contribution in [3.05, 3.63) is 53.9 Å². The van der Waals surface area contributed by atoms with E-state index in [0.717, 1.165) is 6.54 Å². The van der Waals surface area contributed by atoms with Crippen molar-refractivity contribution in [2.24, 2.45) is 0 Å². The average molecular weight is 255 g/mol. The highest BCUT2D eigenvalue weighted by Crippen LogP contribution is 2.41. The van der Waals surface area contributed by atoms with Gasteiger partial charge in [0.05, 0.1) is 6.20 Å². The van der Waals surface area contributed by atoms with E-state index in [9.17, 15) is 0 Å². The van der Waals surface area contributed by atoms with Crippen LogP contribution in [0.15, 0.2) is 42.7 Å². The molecule has 1 fully saturated rings. The van der Waals surface area contributed by atoms with E-state index < -0.39 is 0 Å². The second-order valence-electron chi connectivity index (χ2n) is 5.38. The number of aromatic nitrogens is 2. The largest absolute Gasteiger partial charge is 0.307 e. The minimum absolute atomic E-state index is 0.374. The highest BCUT2D eigenvalue weighted by Gasteiger charge is 2.38. The van der Waals surface area contributed by atoms with Crippen LogP contribution in [0.5, 0.6) is 0 Å². The molecule has 0 radical (unpaired) electrons.